The van der Waals surface area contributed by atoms with E-state index in [1.54, 1.807) is 0 Å². The summed E-state index contributed by atoms with van der Waals surface area (Å²) in [5, 5.41) is 0. The minimum atomic E-state index is 1.15. The molecule has 1 aromatic carbocycles. The van der Waals surface area contributed by atoms with Gasteiger partial charge in [0.25, 0.3) is 0 Å². The molecule has 0 saturated heterocycles. The van der Waals surface area contributed by atoms with Crippen LogP contribution in [-0.4, -0.2) is 5.71 Å². The van der Waals surface area contributed by atoms with Crippen LogP contribution < -0.4 is 0 Å². The van der Waals surface area contributed by atoms with Crippen LogP contribution in [0.1, 0.15) is 63.9 Å². The van der Waals surface area contributed by atoms with Crippen LogP contribution in [0.2, 0.25) is 0 Å². The van der Waals surface area contributed by atoms with Crippen molar-refractivity contribution >= 4 is 11.4 Å². The first-order valence-electron chi connectivity index (χ1n) is 7.54. The van der Waals surface area contributed by atoms with Crippen LogP contribution in [-0.2, 0) is 6.42 Å². The van der Waals surface area contributed by atoms with E-state index in [4.69, 9.17) is 4.99 Å². The lowest BCUT2D eigenvalue weighted by molar-refractivity contribution is 0.702. The van der Waals surface area contributed by atoms with Gasteiger partial charge in [-0.1, -0.05) is 38.3 Å². The van der Waals surface area contributed by atoms with Crippen molar-refractivity contribution in [2.45, 2.75) is 64.7 Å². The molecule has 0 bridgehead atoms. The third kappa shape index (κ3) is 4.29. The summed E-state index contributed by atoms with van der Waals surface area (Å²) in [6.45, 7) is 2.24. The van der Waals surface area contributed by atoms with Crippen molar-refractivity contribution in [2.75, 3.05) is 0 Å². The maximum atomic E-state index is 4.82. The van der Waals surface area contributed by atoms with Crippen LogP contribution in [0, 0.1) is 0 Å². The number of aliphatic imine (C=N–C) groups is 1. The van der Waals surface area contributed by atoms with Gasteiger partial charge in [0.2, 0.25) is 0 Å². The van der Waals surface area contributed by atoms with Crippen molar-refractivity contribution in [2.24, 2.45) is 4.99 Å². The lowest BCUT2D eigenvalue weighted by Gasteiger charge is -2.03. The van der Waals surface area contributed by atoms with Gasteiger partial charge in [0, 0.05) is 5.71 Å². The predicted octanol–water partition coefficient (Wildman–Crippen LogP) is 5.46. The third-order valence-electron chi connectivity index (χ3n) is 3.72. The molecule has 1 aliphatic rings. The molecule has 0 N–H and O–H groups in total. The molecule has 0 amide bonds. The fourth-order valence-corrected chi connectivity index (χ4v) is 2.55. The second-order valence-electron chi connectivity index (χ2n) is 5.36. The van der Waals surface area contributed by atoms with Gasteiger partial charge in [0.05, 0.1) is 5.69 Å². The lowest BCUT2D eigenvalue weighted by Crippen LogP contribution is -1.94. The molecule has 18 heavy (non-hydrogen) atoms. The summed E-state index contributed by atoms with van der Waals surface area (Å²) in [5.41, 5.74) is 4.00. The second-order valence-corrected chi connectivity index (χ2v) is 5.36. The van der Waals surface area contributed by atoms with Crippen molar-refractivity contribution < 1.29 is 0 Å². The maximum absolute atomic E-state index is 4.82. The van der Waals surface area contributed by atoms with Gasteiger partial charge in [-0.3, -0.25) is 4.99 Å². The van der Waals surface area contributed by atoms with Crippen LogP contribution >= 0.6 is 0 Å². The molecule has 0 aromatic heterocycles. The van der Waals surface area contributed by atoms with Crippen LogP contribution in [0.4, 0.5) is 5.69 Å². The van der Waals surface area contributed by atoms with Gasteiger partial charge < -0.3 is 0 Å². The highest BCUT2D eigenvalue weighted by Gasteiger charge is 2.05. The topological polar surface area (TPSA) is 12.4 Å². The Morgan fingerprint density at radius 1 is 0.944 bits per heavy atom. The minimum Gasteiger partial charge on any atom is -0.258 e. The monoisotopic (exact) mass is 243 g/mol. The van der Waals surface area contributed by atoms with E-state index in [-0.39, 0.29) is 0 Å². The van der Waals surface area contributed by atoms with Gasteiger partial charge in [-0.15, -0.1) is 0 Å². The molecule has 0 spiro atoms. The average Bonchev–Trinajstić information content (AvgIpc) is 2.67. The molecule has 0 heterocycles. The van der Waals surface area contributed by atoms with E-state index in [2.05, 4.69) is 31.2 Å². The summed E-state index contributed by atoms with van der Waals surface area (Å²) in [5.74, 6) is 0. The van der Waals surface area contributed by atoms with Gasteiger partial charge >= 0.3 is 0 Å². The molecule has 2 rings (SSSR count). The van der Waals surface area contributed by atoms with E-state index in [1.807, 2.05) is 0 Å². The fourth-order valence-electron chi connectivity index (χ4n) is 2.55. The number of rotatable bonds is 4. The predicted molar refractivity (Wildman–Crippen MR) is 79.9 cm³/mol. The first-order chi connectivity index (χ1) is 8.88. The molecule has 1 aliphatic carbocycles. The molecule has 0 atom stereocenters. The normalized spacial score (nSPS) is 16.4. The number of benzene rings is 1. The summed E-state index contributed by atoms with van der Waals surface area (Å²) >= 11 is 0. The molecule has 98 valence electrons. The van der Waals surface area contributed by atoms with Crippen LogP contribution in [0.3, 0.4) is 0 Å². The Morgan fingerprint density at radius 2 is 1.61 bits per heavy atom. The molecule has 0 aliphatic heterocycles. The average molecular weight is 243 g/mol. The van der Waals surface area contributed by atoms with E-state index >= 15 is 0 Å². The summed E-state index contributed by atoms with van der Waals surface area (Å²) in [7, 11) is 0. The largest absolute Gasteiger partial charge is 0.258 e. The first kappa shape index (κ1) is 13.3. The minimum absolute atomic E-state index is 1.15. The second kappa shape index (κ2) is 7.35. The van der Waals surface area contributed by atoms with Crippen molar-refractivity contribution in [1.29, 1.82) is 0 Å². The van der Waals surface area contributed by atoms with Gasteiger partial charge in [-0.2, -0.15) is 0 Å². The summed E-state index contributed by atoms with van der Waals surface area (Å²) in [4.78, 5) is 4.82. The molecular formula is C17H25N. The molecule has 1 fully saturated rings. The van der Waals surface area contributed by atoms with E-state index in [0.717, 1.165) is 5.69 Å². The molecule has 1 nitrogen and oxygen atoms in total. The number of unbranched alkanes of at least 4 members (excludes halogenated alkanes) is 1. The molecule has 1 aromatic rings. The number of nitrogens with zero attached hydrogens (tertiary/aromatic N) is 1. The number of hydrogen-bond donors (Lipinski definition) is 0. The van der Waals surface area contributed by atoms with Gasteiger partial charge in [0.15, 0.2) is 0 Å². The first-order valence-corrected chi connectivity index (χ1v) is 7.54. The van der Waals surface area contributed by atoms with Crippen LogP contribution in [0.5, 0.6) is 0 Å². The number of aryl methyl sites for hydroxylation is 1. The maximum Gasteiger partial charge on any atom is 0.0629 e. The number of hydrogen-bond acceptors (Lipinski definition) is 1. The van der Waals surface area contributed by atoms with Crippen molar-refractivity contribution in [3.05, 3.63) is 29.8 Å². The summed E-state index contributed by atoms with van der Waals surface area (Å²) in [6, 6.07) is 8.85. The Bertz CT molecular complexity index is 365. The fraction of sp³-hybridized carbons (Fsp3) is 0.588. The zero-order valence-electron chi connectivity index (χ0n) is 11.6. The van der Waals surface area contributed by atoms with Crippen LogP contribution in [0.15, 0.2) is 29.3 Å². The van der Waals surface area contributed by atoms with Crippen molar-refractivity contribution in [3.8, 4) is 0 Å². The van der Waals surface area contributed by atoms with Gasteiger partial charge in [-0.05, 0) is 56.2 Å². The molecule has 1 saturated carbocycles. The Hall–Kier alpha value is -1.11. The van der Waals surface area contributed by atoms with Crippen molar-refractivity contribution in [1.82, 2.24) is 0 Å². The smallest absolute Gasteiger partial charge is 0.0629 e. The SMILES string of the molecule is CCCCc1ccc(N=C2CCCCCC2)cc1. The Kier molecular flexibility index (Phi) is 5.44. The van der Waals surface area contributed by atoms with Gasteiger partial charge in [-0.25, -0.2) is 0 Å². The quantitative estimate of drug-likeness (QED) is 0.623. The van der Waals surface area contributed by atoms with E-state index in [9.17, 15) is 0 Å². The Labute approximate surface area is 111 Å². The Balaban J connectivity index is 1.97. The van der Waals surface area contributed by atoms with Gasteiger partial charge in [0.1, 0.15) is 0 Å². The van der Waals surface area contributed by atoms with Crippen molar-refractivity contribution in [3.63, 3.8) is 0 Å². The van der Waals surface area contributed by atoms with E-state index < -0.39 is 0 Å². The highest BCUT2D eigenvalue weighted by Crippen LogP contribution is 2.20. The molecule has 0 unspecified atom stereocenters. The molecule has 1 heteroatoms. The highest BCUT2D eigenvalue weighted by molar-refractivity contribution is 5.87. The van der Waals surface area contributed by atoms with E-state index in [1.165, 1.54) is 69.1 Å². The zero-order chi connectivity index (χ0) is 12.6. The third-order valence-corrected chi connectivity index (χ3v) is 3.72. The molecule has 0 radical (unpaired) electrons. The highest BCUT2D eigenvalue weighted by atomic mass is 14.7. The van der Waals surface area contributed by atoms with Crippen LogP contribution in [0.25, 0.3) is 0 Å². The summed E-state index contributed by atoms with van der Waals surface area (Å²) in [6.07, 6.45) is 11.6. The van der Waals surface area contributed by atoms with E-state index in [0.29, 0.717) is 0 Å². The summed E-state index contributed by atoms with van der Waals surface area (Å²) < 4.78 is 0. The zero-order valence-corrected chi connectivity index (χ0v) is 11.6. The standard InChI is InChI=1S/C17H25N/c1-2-3-8-15-11-13-17(14-12-15)18-16-9-6-4-5-7-10-16/h11-14H,2-10H2,1H3. The Morgan fingerprint density at radius 3 is 2.22 bits per heavy atom. The molecular weight excluding hydrogens is 218 g/mol. The lowest BCUT2D eigenvalue weighted by atomic mass is 10.1.